The van der Waals surface area contributed by atoms with Crippen molar-refractivity contribution in [3.8, 4) is 11.5 Å². The van der Waals surface area contributed by atoms with Crippen molar-refractivity contribution < 1.29 is 9.21 Å². The van der Waals surface area contributed by atoms with E-state index >= 15 is 0 Å². The third-order valence-electron chi connectivity index (χ3n) is 3.03. The van der Waals surface area contributed by atoms with Gasteiger partial charge >= 0.3 is 0 Å². The van der Waals surface area contributed by atoms with Crippen LogP contribution in [-0.4, -0.2) is 21.7 Å². The summed E-state index contributed by atoms with van der Waals surface area (Å²) in [4.78, 5) is 12.0. The van der Waals surface area contributed by atoms with Gasteiger partial charge in [0, 0.05) is 12.0 Å². The highest BCUT2D eigenvalue weighted by Crippen LogP contribution is 2.23. The molecular formula is C17H14N2O2S. The van der Waals surface area contributed by atoms with E-state index < -0.39 is 0 Å². The van der Waals surface area contributed by atoms with Crippen LogP contribution in [0.3, 0.4) is 0 Å². The predicted molar refractivity (Wildman–Crippen MR) is 85.6 cm³/mol. The van der Waals surface area contributed by atoms with Crippen molar-refractivity contribution in [3.05, 3.63) is 66.2 Å². The van der Waals surface area contributed by atoms with Crippen molar-refractivity contribution in [1.29, 1.82) is 0 Å². The zero-order valence-corrected chi connectivity index (χ0v) is 12.6. The van der Waals surface area contributed by atoms with Crippen molar-refractivity contribution in [3.63, 3.8) is 0 Å². The molecule has 0 aliphatic heterocycles. The highest BCUT2D eigenvalue weighted by Gasteiger charge is 2.11. The van der Waals surface area contributed by atoms with Gasteiger partial charge in [0.25, 0.3) is 5.22 Å². The number of aromatic nitrogens is 2. The van der Waals surface area contributed by atoms with Gasteiger partial charge in [-0.1, -0.05) is 60.3 Å². The summed E-state index contributed by atoms with van der Waals surface area (Å²) in [7, 11) is 0. The number of thioether (sulfide) groups is 1. The van der Waals surface area contributed by atoms with E-state index in [-0.39, 0.29) is 5.78 Å². The van der Waals surface area contributed by atoms with Crippen LogP contribution < -0.4 is 0 Å². The Balaban J connectivity index is 1.56. The fourth-order valence-corrected chi connectivity index (χ4v) is 2.61. The molecule has 110 valence electrons. The van der Waals surface area contributed by atoms with Gasteiger partial charge in [0.2, 0.25) is 5.89 Å². The maximum atomic E-state index is 12.0. The molecule has 1 aromatic heterocycles. The number of rotatable bonds is 6. The zero-order chi connectivity index (χ0) is 15.2. The molecule has 3 aromatic rings. The third kappa shape index (κ3) is 3.83. The fraction of sp³-hybridized carbons (Fsp3) is 0.118. The lowest BCUT2D eigenvalue weighted by molar-refractivity contribution is -0.116. The number of nitrogens with zero attached hydrogens (tertiary/aromatic N) is 2. The summed E-state index contributed by atoms with van der Waals surface area (Å²) in [5.74, 6) is 0.931. The Labute approximate surface area is 132 Å². The van der Waals surface area contributed by atoms with Gasteiger partial charge in [-0.25, -0.2) is 0 Å². The van der Waals surface area contributed by atoms with E-state index in [1.54, 1.807) is 0 Å². The lowest BCUT2D eigenvalue weighted by Gasteiger charge is -1.99. The van der Waals surface area contributed by atoms with Crippen LogP contribution in [0.15, 0.2) is 70.3 Å². The summed E-state index contributed by atoms with van der Waals surface area (Å²) in [5, 5.41) is 8.38. The highest BCUT2D eigenvalue weighted by atomic mass is 32.2. The lowest BCUT2D eigenvalue weighted by atomic mass is 10.1. The number of hydrogen-bond acceptors (Lipinski definition) is 5. The van der Waals surface area contributed by atoms with Gasteiger partial charge in [0.05, 0.1) is 5.75 Å². The predicted octanol–water partition coefficient (Wildman–Crippen LogP) is 3.64. The maximum absolute atomic E-state index is 12.0. The minimum Gasteiger partial charge on any atom is -0.411 e. The molecule has 0 bridgehead atoms. The van der Waals surface area contributed by atoms with Crippen LogP contribution >= 0.6 is 11.8 Å². The number of ketones is 1. The average Bonchev–Trinajstić information content (AvgIpc) is 3.04. The molecule has 0 N–H and O–H groups in total. The van der Waals surface area contributed by atoms with E-state index in [0.717, 1.165) is 11.1 Å². The van der Waals surface area contributed by atoms with E-state index in [9.17, 15) is 4.79 Å². The summed E-state index contributed by atoms with van der Waals surface area (Å²) in [6, 6.07) is 19.3. The van der Waals surface area contributed by atoms with E-state index in [1.165, 1.54) is 11.8 Å². The Morgan fingerprint density at radius 3 is 2.36 bits per heavy atom. The van der Waals surface area contributed by atoms with Crippen LogP contribution in [0.2, 0.25) is 0 Å². The molecule has 22 heavy (non-hydrogen) atoms. The molecular weight excluding hydrogens is 296 g/mol. The summed E-state index contributed by atoms with van der Waals surface area (Å²) in [6.07, 6.45) is 0.424. The number of hydrogen-bond donors (Lipinski definition) is 0. The normalized spacial score (nSPS) is 10.5. The number of benzene rings is 2. The van der Waals surface area contributed by atoms with Crippen molar-refractivity contribution >= 4 is 17.5 Å². The Morgan fingerprint density at radius 2 is 1.64 bits per heavy atom. The second kappa shape index (κ2) is 7.04. The van der Waals surface area contributed by atoms with E-state index in [4.69, 9.17) is 4.42 Å². The second-order valence-corrected chi connectivity index (χ2v) is 5.66. The van der Waals surface area contributed by atoms with Crippen LogP contribution in [0, 0.1) is 0 Å². The standard InChI is InChI=1S/C17H14N2O2S/c20-15(11-13-7-3-1-4-8-13)12-22-17-19-18-16(21-17)14-9-5-2-6-10-14/h1-10H,11-12H2. The van der Waals surface area contributed by atoms with Crippen LogP contribution in [0.5, 0.6) is 0 Å². The van der Waals surface area contributed by atoms with Crippen LogP contribution in [0.25, 0.3) is 11.5 Å². The lowest BCUT2D eigenvalue weighted by Crippen LogP contribution is -2.05. The van der Waals surface area contributed by atoms with E-state index in [1.807, 2.05) is 60.7 Å². The van der Waals surface area contributed by atoms with E-state index in [2.05, 4.69) is 10.2 Å². The zero-order valence-electron chi connectivity index (χ0n) is 11.8. The molecule has 1 heterocycles. The minimum absolute atomic E-state index is 0.135. The topological polar surface area (TPSA) is 56.0 Å². The Kier molecular flexibility index (Phi) is 4.65. The number of carbonyl (C=O) groups excluding carboxylic acids is 1. The molecule has 4 nitrogen and oxygen atoms in total. The Bertz CT molecular complexity index is 742. The average molecular weight is 310 g/mol. The molecule has 0 fully saturated rings. The largest absolute Gasteiger partial charge is 0.411 e. The minimum atomic E-state index is 0.135. The molecule has 0 unspecified atom stereocenters. The van der Waals surface area contributed by atoms with Gasteiger partial charge in [-0.3, -0.25) is 4.79 Å². The van der Waals surface area contributed by atoms with Gasteiger partial charge in [-0.15, -0.1) is 10.2 Å². The quantitative estimate of drug-likeness (QED) is 0.651. The summed E-state index contributed by atoms with van der Waals surface area (Å²) in [5.41, 5.74) is 1.89. The van der Waals surface area contributed by atoms with Crippen molar-refractivity contribution in [2.24, 2.45) is 0 Å². The van der Waals surface area contributed by atoms with Gasteiger partial charge in [0.1, 0.15) is 5.78 Å². The highest BCUT2D eigenvalue weighted by molar-refractivity contribution is 7.99. The molecule has 0 saturated carbocycles. The smallest absolute Gasteiger partial charge is 0.277 e. The van der Waals surface area contributed by atoms with Crippen molar-refractivity contribution in [2.75, 3.05) is 5.75 Å². The molecule has 0 aliphatic carbocycles. The molecule has 2 aromatic carbocycles. The summed E-state index contributed by atoms with van der Waals surface area (Å²) >= 11 is 1.27. The summed E-state index contributed by atoms with van der Waals surface area (Å²) in [6.45, 7) is 0. The first kappa shape index (κ1) is 14.5. The second-order valence-electron chi connectivity index (χ2n) is 4.73. The van der Waals surface area contributed by atoms with Crippen LogP contribution in [-0.2, 0) is 11.2 Å². The molecule has 0 amide bonds. The first-order valence-corrected chi connectivity index (χ1v) is 7.87. The molecule has 5 heteroatoms. The number of Topliss-reactive ketones (excluding diaryl/α,β-unsaturated/α-hetero) is 1. The van der Waals surface area contributed by atoms with Gasteiger partial charge in [0.15, 0.2) is 0 Å². The van der Waals surface area contributed by atoms with Crippen LogP contribution in [0.4, 0.5) is 0 Å². The number of carbonyl (C=O) groups is 1. The summed E-state index contributed by atoms with van der Waals surface area (Å²) < 4.78 is 5.56. The molecule has 0 radical (unpaired) electrons. The van der Waals surface area contributed by atoms with Crippen LogP contribution in [0.1, 0.15) is 5.56 Å². The monoisotopic (exact) mass is 310 g/mol. The van der Waals surface area contributed by atoms with E-state index in [0.29, 0.717) is 23.3 Å². The first-order valence-electron chi connectivity index (χ1n) is 6.88. The molecule has 3 rings (SSSR count). The molecule has 0 aliphatic rings. The molecule has 0 spiro atoms. The Hall–Kier alpha value is -2.40. The fourth-order valence-electron chi connectivity index (χ4n) is 1.98. The molecule has 0 atom stereocenters. The molecule has 0 saturated heterocycles. The van der Waals surface area contributed by atoms with Gasteiger partial charge in [-0.05, 0) is 17.7 Å². The van der Waals surface area contributed by atoms with Gasteiger partial charge < -0.3 is 4.42 Å². The third-order valence-corrected chi connectivity index (χ3v) is 3.91. The van der Waals surface area contributed by atoms with Crippen molar-refractivity contribution in [2.45, 2.75) is 11.6 Å². The maximum Gasteiger partial charge on any atom is 0.277 e. The van der Waals surface area contributed by atoms with Gasteiger partial charge in [-0.2, -0.15) is 0 Å². The first-order chi connectivity index (χ1) is 10.8. The van der Waals surface area contributed by atoms with Crippen molar-refractivity contribution in [1.82, 2.24) is 10.2 Å². The Morgan fingerprint density at radius 1 is 0.955 bits per heavy atom. The SMILES string of the molecule is O=C(CSc1nnc(-c2ccccc2)o1)Cc1ccccc1.